The minimum absolute atomic E-state index is 0.248. The van der Waals surface area contributed by atoms with Crippen molar-refractivity contribution < 1.29 is 13.9 Å². The van der Waals surface area contributed by atoms with Crippen LogP contribution in [0.4, 0.5) is 5.69 Å². The summed E-state index contributed by atoms with van der Waals surface area (Å²) in [6.07, 6.45) is 3.61. The zero-order valence-corrected chi connectivity index (χ0v) is 13.6. The molecule has 0 aliphatic heterocycles. The van der Waals surface area contributed by atoms with Crippen LogP contribution in [0.2, 0.25) is 0 Å². The van der Waals surface area contributed by atoms with Crippen molar-refractivity contribution in [1.82, 2.24) is 9.97 Å². The molecule has 7 heteroatoms. The third-order valence-corrected chi connectivity index (χ3v) is 3.82. The van der Waals surface area contributed by atoms with E-state index in [4.69, 9.17) is 9.15 Å². The Morgan fingerprint density at radius 3 is 2.96 bits per heavy atom. The van der Waals surface area contributed by atoms with Crippen LogP contribution >= 0.6 is 0 Å². The van der Waals surface area contributed by atoms with Gasteiger partial charge in [-0.25, -0.2) is 4.98 Å². The fourth-order valence-electron chi connectivity index (χ4n) is 2.43. The van der Waals surface area contributed by atoms with Gasteiger partial charge in [0.2, 0.25) is 0 Å². The molecule has 0 aromatic carbocycles. The van der Waals surface area contributed by atoms with Gasteiger partial charge in [-0.15, -0.1) is 0 Å². The normalized spacial score (nSPS) is 10.8. The number of hydrogen-bond acceptors (Lipinski definition) is 5. The molecule has 0 fully saturated rings. The first kappa shape index (κ1) is 15.8. The third-order valence-electron chi connectivity index (χ3n) is 3.82. The lowest BCUT2D eigenvalue weighted by Gasteiger charge is -2.08. The van der Waals surface area contributed by atoms with E-state index in [9.17, 15) is 9.59 Å². The van der Waals surface area contributed by atoms with Crippen LogP contribution in [0.1, 0.15) is 28.6 Å². The van der Waals surface area contributed by atoms with Gasteiger partial charge in [-0.1, -0.05) is 6.92 Å². The molecule has 7 nitrogen and oxygen atoms in total. The average Bonchev–Trinajstić information content (AvgIpc) is 3.02. The Morgan fingerprint density at radius 2 is 2.25 bits per heavy atom. The molecule has 0 aliphatic carbocycles. The number of aromatic nitrogens is 2. The number of carbonyl (C=O) groups excluding carboxylic acids is 1. The summed E-state index contributed by atoms with van der Waals surface area (Å²) < 4.78 is 10.9. The first-order valence-electron chi connectivity index (χ1n) is 7.50. The maximum Gasteiger partial charge on any atom is 0.258 e. The second-order valence-corrected chi connectivity index (χ2v) is 5.29. The summed E-state index contributed by atoms with van der Waals surface area (Å²) in [6, 6.07) is 3.44. The fourth-order valence-corrected chi connectivity index (χ4v) is 2.43. The van der Waals surface area contributed by atoms with Gasteiger partial charge >= 0.3 is 0 Å². The quantitative estimate of drug-likeness (QED) is 0.768. The lowest BCUT2D eigenvalue weighted by Crippen LogP contribution is -2.17. The average molecular weight is 327 g/mol. The Bertz CT molecular complexity index is 972. The van der Waals surface area contributed by atoms with Gasteiger partial charge in [-0.05, 0) is 19.1 Å². The van der Waals surface area contributed by atoms with E-state index in [0.717, 1.165) is 5.76 Å². The van der Waals surface area contributed by atoms with Gasteiger partial charge in [0.15, 0.2) is 5.58 Å². The number of aromatic amines is 1. The van der Waals surface area contributed by atoms with Crippen molar-refractivity contribution in [3.63, 3.8) is 0 Å². The van der Waals surface area contributed by atoms with Crippen LogP contribution in [-0.2, 0) is 6.42 Å². The first-order valence-corrected chi connectivity index (χ1v) is 7.50. The summed E-state index contributed by atoms with van der Waals surface area (Å²) in [5, 5.41) is 3.37. The van der Waals surface area contributed by atoms with Gasteiger partial charge in [0.1, 0.15) is 5.76 Å². The number of H-pyrrole nitrogens is 1. The van der Waals surface area contributed by atoms with Crippen molar-refractivity contribution in [2.75, 3.05) is 12.4 Å². The summed E-state index contributed by atoms with van der Waals surface area (Å²) in [6.45, 7) is 3.60. The molecule has 0 unspecified atom stereocenters. The topological polar surface area (TPSA) is 97.2 Å². The monoisotopic (exact) mass is 327 g/mol. The van der Waals surface area contributed by atoms with E-state index in [-0.39, 0.29) is 11.5 Å². The van der Waals surface area contributed by atoms with Gasteiger partial charge < -0.3 is 19.5 Å². The highest BCUT2D eigenvalue weighted by Gasteiger charge is 2.19. The van der Waals surface area contributed by atoms with Gasteiger partial charge in [-0.2, -0.15) is 0 Å². The molecular weight excluding hydrogens is 310 g/mol. The van der Waals surface area contributed by atoms with Crippen LogP contribution in [0.5, 0.6) is 5.88 Å². The molecule has 3 aromatic rings. The van der Waals surface area contributed by atoms with E-state index in [2.05, 4.69) is 15.3 Å². The van der Waals surface area contributed by atoms with E-state index < -0.39 is 0 Å². The molecule has 3 aromatic heterocycles. The highest BCUT2D eigenvalue weighted by atomic mass is 16.5. The molecular formula is C17H17N3O4. The Kier molecular flexibility index (Phi) is 4.07. The van der Waals surface area contributed by atoms with Gasteiger partial charge in [0.25, 0.3) is 17.3 Å². The standard InChI is InChI=1S/C17H17N3O4/c1-4-10-7-11-12(8-19-17(23-3)14(11)24-10)16(22)20-13-5-6-18-15(21)9(13)2/h5-8H,4H2,1-3H3,(H2,18,20,21,22). The van der Waals surface area contributed by atoms with Crippen molar-refractivity contribution in [2.24, 2.45) is 0 Å². The maximum absolute atomic E-state index is 12.6. The number of furan rings is 1. The number of nitrogens with one attached hydrogen (secondary N) is 2. The molecule has 2 N–H and O–H groups in total. The largest absolute Gasteiger partial charge is 0.478 e. The number of rotatable bonds is 4. The summed E-state index contributed by atoms with van der Waals surface area (Å²) >= 11 is 0. The van der Waals surface area contributed by atoms with Crippen LogP contribution in [0, 0.1) is 6.92 Å². The van der Waals surface area contributed by atoms with Crippen LogP contribution in [0.25, 0.3) is 11.0 Å². The SMILES string of the molecule is CCc1cc2c(C(=O)Nc3cc[nH]c(=O)c3C)cnc(OC)c2o1. The number of hydrogen-bond donors (Lipinski definition) is 2. The summed E-state index contributed by atoms with van der Waals surface area (Å²) in [5.41, 5.74) is 1.43. The predicted molar refractivity (Wildman–Crippen MR) is 89.7 cm³/mol. The molecule has 0 bridgehead atoms. The maximum atomic E-state index is 12.6. The van der Waals surface area contributed by atoms with Crippen molar-refractivity contribution in [1.29, 1.82) is 0 Å². The van der Waals surface area contributed by atoms with Gasteiger partial charge in [0.05, 0.1) is 18.4 Å². The summed E-state index contributed by atoms with van der Waals surface area (Å²) in [7, 11) is 1.50. The molecule has 0 saturated heterocycles. The minimum atomic E-state index is -0.368. The number of carbonyl (C=O) groups is 1. The minimum Gasteiger partial charge on any atom is -0.478 e. The van der Waals surface area contributed by atoms with Crippen LogP contribution in [-0.4, -0.2) is 23.0 Å². The van der Waals surface area contributed by atoms with E-state index >= 15 is 0 Å². The lowest BCUT2D eigenvalue weighted by atomic mass is 10.1. The second-order valence-electron chi connectivity index (χ2n) is 5.29. The summed E-state index contributed by atoms with van der Waals surface area (Å²) in [5.74, 6) is 0.693. The Hall–Kier alpha value is -3.09. The number of fused-ring (bicyclic) bond motifs is 1. The van der Waals surface area contributed by atoms with Crippen molar-refractivity contribution >= 4 is 22.6 Å². The number of pyridine rings is 2. The van der Waals surface area contributed by atoms with Crippen molar-refractivity contribution in [3.05, 3.63) is 51.8 Å². The highest BCUT2D eigenvalue weighted by molar-refractivity contribution is 6.12. The molecule has 24 heavy (non-hydrogen) atoms. The van der Waals surface area contributed by atoms with Crippen LogP contribution in [0.3, 0.4) is 0 Å². The zero-order valence-electron chi connectivity index (χ0n) is 13.6. The Balaban J connectivity index is 2.05. The molecule has 3 rings (SSSR count). The Morgan fingerprint density at radius 1 is 1.46 bits per heavy atom. The smallest absolute Gasteiger partial charge is 0.258 e. The molecule has 1 amide bonds. The highest BCUT2D eigenvalue weighted by Crippen LogP contribution is 2.30. The number of methoxy groups -OCH3 is 1. The molecule has 0 radical (unpaired) electrons. The fraction of sp³-hybridized carbons (Fsp3) is 0.235. The lowest BCUT2D eigenvalue weighted by molar-refractivity contribution is 0.102. The molecule has 0 aliphatic rings. The number of anilines is 1. The number of nitrogens with zero attached hydrogens (tertiary/aromatic N) is 1. The molecule has 3 heterocycles. The van der Waals surface area contributed by atoms with Gasteiger partial charge in [-0.3, -0.25) is 9.59 Å². The van der Waals surface area contributed by atoms with Crippen LogP contribution < -0.4 is 15.6 Å². The predicted octanol–water partition coefficient (Wildman–Crippen LogP) is 2.65. The summed E-state index contributed by atoms with van der Waals surface area (Å²) in [4.78, 5) is 31.0. The molecule has 0 saturated carbocycles. The van der Waals surface area contributed by atoms with Crippen LogP contribution in [0.15, 0.2) is 33.7 Å². The molecule has 124 valence electrons. The van der Waals surface area contributed by atoms with E-state index in [0.29, 0.717) is 40.1 Å². The molecule has 0 atom stereocenters. The molecule has 0 spiro atoms. The van der Waals surface area contributed by atoms with Crippen molar-refractivity contribution in [3.8, 4) is 5.88 Å². The zero-order chi connectivity index (χ0) is 17.3. The second kappa shape index (κ2) is 6.19. The van der Waals surface area contributed by atoms with E-state index in [1.165, 1.54) is 19.5 Å². The van der Waals surface area contributed by atoms with E-state index in [1.807, 2.05) is 6.92 Å². The number of ether oxygens (including phenoxy) is 1. The number of aryl methyl sites for hydroxylation is 1. The Labute approximate surface area is 137 Å². The van der Waals surface area contributed by atoms with E-state index in [1.54, 1.807) is 19.1 Å². The third kappa shape index (κ3) is 2.64. The van der Waals surface area contributed by atoms with Gasteiger partial charge in [0, 0.05) is 29.8 Å². The van der Waals surface area contributed by atoms with Crippen molar-refractivity contribution in [2.45, 2.75) is 20.3 Å². The first-order chi connectivity index (χ1) is 11.5. The number of amides is 1.